The first-order chi connectivity index (χ1) is 6.33. The van der Waals surface area contributed by atoms with Gasteiger partial charge in [0.15, 0.2) is 0 Å². The van der Waals surface area contributed by atoms with Crippen LogP contribution >= 0.6 is 0 Å². The average molecular weight is 185 g/mol. The molecule has 1 fully saturated rings. The Balaban J connectivity index is 2.01. The first-order valence-electron chi connectivity index (χ1n) is 4.97. The molecule has 4 nitrogen and oxygen atoms in total. The van der Waals surface area contributed by atoms with E-state index >= 15 is 0 Å². The van der Waals surface area contributed by atoms with E-state index in [4.69, 9.17) is 0 Å². The van der Waals surface area contributed by atoms with Gasteiger partial charge in [-0.25, -0.2) is 0 Å². The van der Waals surface area contributed by atoms with Crippen LogP contribution in [0.2, 0.25) is 0 Å². The largest absolute Gasteiger partial charge is 0.359 e. The molecule has 1 aliphatic heterocycles. The third-order valence-corrected chi connectivity index (χ3v) is 2.40. The van der Waals surface area contributed by atoms with Gasteiger partial charge in [-0.3, -0.25) is 4.79 Å². The minimum absolute atomic E-state index is 0.112. The zero-order chi connectivity index (χ0) is 9.52. The van der Waals surface area contributed by atoms with Crippen LogP contribution in [-0.4, -0.2) is 38.6 Å². The van der Waals surface area contributed by atoms with Crippen molar-refractivity contribution in [1.82, 2.24) is 16.0 Å². The molecule has 0 aromatic rings. The van der Waals surface area contributed by atoms with Gasteiger partial charge in [0.2, 0.25) is 5.91 Å². The number of nitrogens with one attached hydrogen (secondary N) is 3. The quantitative estimate of drug-likeness (QED) is 0.551. The van der Waals surface area contributed by atoms with Gasteiger partial charge in [-0.15, -0.1) is 0 Å². The maximum Gasteiger partial charge on any atom is 0.221 e. The first kappa shape index (κ1) is 10.5. The normalized spacial score (nSPS) is 18.5. The number of amides is 1. The molecule has 76 valence electrons. The Labute approximate surface area is 79.5 Å². The number of rotatable bonds is 4. The van der Waals surface area contributed by atoms with Gasteiger partial charge in [-0.2, -0.15) is 0 Å². The monoisotopic (exact) mass is 185 g/mol. The predicted molar refractivity (Wildman–Crippen MR) is 52.6 cm³/mol. The summed E-state index contributed by atoms with van der Waals surface area (Å²) in [6.45, 7) is 2.99. The molecule has 1 rings (SSSR count). The van der Waals surface area contributed by atoms with Crippen molar-refractivity contribution in [2.75, 3.05) is 26.7 Å². The lowest BCUT2D eigenvalue weighted by atomic mass is 10.1. The fourth-order valence-electron chi connectivity index (χ4n) is 1.54. The molecule has 1 amide bonds. The Bertz CT molecular complexity index is 155. The third-order valence-electron chi connectivity index (χ3n) is 2.40. The summed E-state index contributed by atoms with van der Waals surface area (Å²) in [5.41, 5.74) is 0. The van der Waals surface area contributed by atoms with Crippen LogP contribution < -0.4 is 16.0 Å². The van der Waals surface area contributed by atoms with E-state index in [0.717, 1.165) is 19.6 Å². The van der Waals surface area contributed by atoms with Gasteiger partial charge in [0.1, 0.15) is 0 Å². The smallest absolute Gasteiger partial charge is 0.221 e. The Morgan fingerprint density at radius 2 is 2.15 bits per heavy atom. The average Bonchev–Trinajstić information content (AvgIpc) is 2.19. The Morgan fingerprint density at radius 3 is 2.77 bits per heavy atom. The Morgan fingerprint density at radius 1 is 1.46 bits per heavy atom. The lowest BCUT2D eigenvalue weighted by molar-refractivity contribution is -0.120. The van der Waals surface area contributed by atoms with Crippen molar-refractivity contribution in [2.45, 2.75) is 25.3 Å². The maximum absolute atomic E-state index is 10.9. The van der Waals surface area contributed by atoms with E-state index in [-0.39, 0.29) is 5.91 Å². The van der Waals surface area contributed by atoms with Gasteiger partial charge >= 0.3 is 0 Å². The maximum atomic E-state index is 10.9. The van der Waals surface area contributed by atoms with E-state index in [1.807, 2.05) is 0 Å². The van der Waals surface area contributed by atoms with Gasteiger partial charge in [-0.05, 0) is 25.9 Å². The van der Waals surface area contributed by atoms with Crippen LogP contribution in [0.3, 0.4) is 0 Å². The highest BCUT2D eigenvalue weighted by molar-refractivity contribution is 5.75. The molecular weight excluding hydrogens is 166 g/mol. The van der Waals surface area contributed by atoms with Gasteiger partial charge in [0.05, 0.1) is 0 Å². The van der Waals surface area contributed by atoms with Crippen molar-refractivity contribution in [2.24, 2.45) is 0 Å². The van der Waals surface area contributed by atoms with Crippen LogP contribution in [0.15, 0.2) is 0 Å². The molecule has 13 heavy (non-hydrogen) atoms. The summed E-state index contributed by atoms with van der Waals surface area (Å²) in [6, 6.07) is 0.603. The van der Waals surface area contributed by atoms with Crippen LogP contribution in [0.4, 0.5) is 0 Å². The van der Waals surface area contributed by atoms with Crippen molar-refractivity contribution in [1.29, 1.82) is 0 Å². The number of carbonyl (C=O) groups excluding carboxylic acids is 1. The number of hydrogen-bond donors (Lipinski definition) is 3. The second kappa shape index (κ2) is 5.94. The summed E-state index contributed by atoms with van der Waals surface area (Å²) in [5.74, 6) is 0.112. The summed E-state index contributed by atoms with van der Waals surface area (Å²) < 4.78 is 0. The number of piperidine rings is 1. The molecule has 0 bridgehead atoms. The summed E-state index contributed by atoms with van der Waals surface area (Å²) in [6.07, 6.45) is 2.93. The van der Waals surface area contributed by atoms with E-state index in [1.54, 1.807) is 7.05 Å². The molecule has 0 atom stereocenters. The zero-order valence-corrected chi connectivity index (χ0v) is 8.23. The summed E-state index contributed by atoms with van der Waals surface area (Å²) in [4.78, 5) is 10.9. The van der Waals surface area contributed by atoms with E-state index in [1.165, 1.54) is 12.8 Å². The Kier molecular flexibility index (Phi) is 4.78. The highest BCUT2D eigenvalue weighted by Crippen LogP contribution is 2.01. The lowest BCUT2D eigenvalue weighted by Gasteiger charge is -2.23. The SMILES string of the molecule is CNC(=O)CCNC1CCNCC1. The molecule has 1 aliphatic rings. The Hall–Kier alpha value is -0.610. The fourth-order valence-corrected chi connectivity index (χ4v) is 1.54. The van der Waals surface area contributed by atoms with Crippen molar-refractivity contribution in [3.05, 3.63) is 0 Å². The topological polar surface area (TPSA) is 53.2 Å². The fraction of sp³-hybridized carbons (Fsp3) is 0.889. The minimum atomic E-state index is 0.112. The highest BCUT2D eigenvalue weighted by atomic mass is 16.1. The van der Waals surface area contributed by atoms with Crippen LogP contribution in [0.1, 0.15) is 19.3 Å². The molecule has 0 aromatic heterocycles. The van der Waals surface area contributed by atoms with Crippen molar-refractivity contribution in [3.8, 4) is 0 Å². The minimum Gasteiger partial charge on any atom is -0.359 e. The molecule has 0 radical (unpaired) electrons. The predicted octanol–water partition coefficient (Wildman–Crippen LogP) is -0.536. The summed E-state index contributed by atoms with van der Waals surface area (Å²) >= 11 is 0. The first-order valence-corrected chi connectivity index (χ1v) is 4.97. The van der Waals surface area contributed by atoms with E-state index in [0.29, 0.717) is 12.5 Å². The molecule has 3 N–H and O–H groups in total. The van der Waals surface area contributed by atoms with Gasteiger partial charge in [0, 0.05) is 26.1 Å². The van der Waals surface area contributed by atoms with Crippen molar-refractivity contribution in [3.63, 3.8) is 0 Å². The third kappa shape index (κ3) is 4.24. The van der Waals surface area contributed by atoms with Gasteiger partial charge < -0.3 is 16.0 Å². The number of hydrogen-bond acceptors (Lipinski definition) is 3. The standard InChI is InChI=1S/C9H19N3O/c1-10-9(13)4-7-12-8-2-5-11-6-3-8/h8,11-12H,2-7H2,1H3,(H,10,13). The summed E-state index contributed by atoms with van der Waals surface area (Å²) in [5, 5.41) is 9.30. The second-order valence-corrected chi connectivity index (χ2v) is 3.40. The summed E-state index contributed by atoms with van der Waals surface area (Å²) in [7, 11) is 1.67. The van der Waals surface area contributed by atoms with Gasteiger partial charge in [0.25, 0.3) is 0 Å². The van der Waals surface area contributed by atoms with Crippen LogP contribution in [0, 0.1) is 0 Å². The molecule has 1 heterocycles. The molecule has 0 saturated carbocycles. The van der Waals surface area contributed by atoms with Crippen LogP contribution in [0.5, 0.6) is 0 Å². The molecule has 0 unspecified atom stereocenters. The molecule has 0 aliphatic carbocycles. The zero-order valence-electron chi connectivity index (χ0n) is 8.23. The van der Waals surface area contributed by atoms with E-state index in [2.05, 4.69) is 16.0 Å². The van der Waals surface area contributed by atoms with Crippen molar-refractivity contribution >= 4 is 5.91 Å². The molecule has 0 aromatic carbocycles. The van der Waals surface area contributed by atoms with E-state index in [9.17, 15) is 4.79 Å². The molecule has 0 spiro atoms. The molecule has 1 saturated heterocycles. The highest BCUT2D eigenvalue weighted by Gasteiger charge is 2.11. The molecule has 4 heteroatoms. The van der Waals surface area contributed by atoms with Crippen LogP contribution in [-0.2, 0) is 4.79 Å². The van der Waals surface area contributed by atoms with Crippen molar-refractivity contribution < 1.29 is 4.79 Å². The van der Waals surface area contributed by atoms with Crippen LogP contribution in [0.25, 0.3) is 0 Å². The lowest BCUT2D eigenvalue weighted by Crippen LogP contribution is -2.41. The van der Waals surface area contributed by atoms with E-state index < -0.39 is 0 Å². The molecular formula is C9H19N3O. The van der Waals surface area contributed by atoms with Gasteiger partial charge in [-0.1, -0.05) is 0 Å². The second-order valence-electron chi connectivity index (χ2n) is 3.40. The number of carbonyl (C=O) groups is 1.